The molecular formula is C12H9N3O2S. The first kappa shape index (κ1) is 10.9. The zero-order chi connectivity index (χ0) is 12.7. The highest BCUT2D eigenvalue weighted by Gasteiger charge is 2.10. The van der Waals surface area contributed by atoms with Gasteiger partial charge in [0, 0.05) is 6.07 Å². The summed E-state index contributed by atoms with van der Waals surface area (Å²) >= 11 is 1.18. The molecule has 0 spiro atoms. The molecule has 3 aromatic rings. The highest BCUT2D eigenvalue weighted by Crippen LogP contribution is 2.26. The number of hydrogen-bond acceptors (Lipinski definition) is 6. The highest BCUT2D eigenvalue weighted by atomic mass is 32.1. The number of benzene rings is 1. The van der Waals surface area contributed by atoms with Crippen molar-refractivity contribution in [2.75, 3.05) is 5.73 Å². The van der Waals surface area contributed by atoms with Crippen molar-refractivity contribution < 1.29 is 4.42 Å². The van der Waals surface area contributed by atoms with Crippen LogP contribution in [0, 0.1) is 6.92 Å². The summed E-state index contributed by atoms with van der Waals surface area (Å²) in [6, 6.07) is 6.89. The molecule has 0 aliphatic rings. The van der Waals surface area contributed by atoms with Crippen LogP contribution in [0.1, 0.15) is 5.56 Å². The minimum absolute atomic E-state index is 0.0938. The van der Waals surface area contributed by atoms with Gasteiger partial charge < -0.3 is 10.2 Å². The molecule has 0 amide bonds. The predicted molar refractivity (Wildman–Crippen MR) is 70.5 cm³/mol. The van der Waals surface area contributed by atoms with Crippen molar-refractivity contribution in [2.24, 2.45) is 0 Å². The Morgan fingerprint density at radius 2 is 2.11 bits per heavy atom. The number of aromatic nitrogens is 2. The number of fused-ring (bicyclic) bond motifs is 1. The third-order valence-electron chi connectivity index (χ3n) is 2.53. The fourth-order valence-electron chi connectivity index (χ4n) is 1.71. The molecule has 6 heteroatoms. The van der Waals surface area contributed by atoms with E-state index in [1.165, 1.54) is 17.4 Å². The first-order valence-corrected chi connectivity index (χ1v) is 6.09. The Bertz CT molecular complexity index is 791. The van der Waals surface area contributed by atoms with Crippen LogP contribution in [-0.4, -0.2) is 10.2 Å². The normalized spacial score (nSPS) is 10.9. The van der Waals surface area contributed by atoms with Crippen molar-refractivity contribution in [3.8, 4) is 10.8 Å². The van der Waals surface area contributed by atoms with E-state index in [1.807, 2.05) is 13.0 Å². The van der Waals surface area contributed by atoms with Gasteiger partial charge in [0.15, 0.2) is 16.2 Å². The zero-order valence-corrected chi connectivity index (χ0v) is 10.3. The Morgan fingerprint density at radius 1 is 1.28 bits per heavy atom. The molecule has 0 saturated heterocycles. The van der Waals surface area contributed by atoms with Gasteiger partial charge in [-0.1, -0.05) is 23.0 Å². The van der Waals surface area contributed by atoms with Crippen LogP contribution in [0.15, 0.2) is 33.5 Å². The Morgan fingerprint density at radius 3 is 2.83 bits per heavy atom. The van der Waals surface area contributed by atoms with E-state index in [0.29, 0.717) is 26.9 Å². The van der Waals surface area contributed by atoms with Crippen LogP contribution in [0.4, 0.5) is 5.13 Å². The lowest BCUT2D eigenvalue weighted by atomic mass is 10.1. The van der Waals surface area contributed by atoms with Crippen molar-refractivity contribution in [2.45, 2.75) is 6.92 Å². The molecule has 1 aromatic carbocycles. The lowest BCUT2D eigenvalue weighted by molar-refractivity contribution is 0.617. The van der Waals surface area contributed by atoms with Crippen LogP contribution < -0.4 is 11.2 Å². The fourth-order valence-corrected chi connectivity index (χ4v) is 2.27. The molecule has 0 unspecified atom stereocenters. The lowest BCUT2D eigenvalue weighted by Crippen LogP contribution is -2.00. The molecule has 0 saturated carbocycles. The van der Waals surface area contributed by atoms with E-state index in [0.717, 1.165) is 5.56 Å². The van der Waals surface area contributed by atoms with Gasteiger partial charge in [-0.15, -0.1) is 10.2 Å². The summed E-state index contributed by atoms with van der Waals surface area (Å²) in [5, 5.41) is 8.98. The van der Waals surface area contributed by atoms with E-state index in [-0.39, 0.29) is 5.43 Å². The van der Waals surface area contributed by atoms with Gasteiger partial charge in [-0.2, -0.15) is 0 Å². The van der Waals surface area contributed by atoms with Gasteiger partial charge in [-0.25, -0.2) is 0 Å². The molecule has 0 aliphatic carbocycles. The number of aryl methyl sites for hydroxylation is 1. The topological polar surface area (TPSA) is 82.0 Å². The van der Waals surface area contributed by atoms with Crippen LogP contribution in [0.5, 0.6) is 0 Å². The fraction of sp³-hybridized carbons (Fsp3) is 0.0833. The third-order valence-corrected chi connectivity index (χ3v) is 3.30. The predicted octanol–water partition coefficient (Wildman–Crippen LogP) is 2.20. The summed E-state index contributed by atoms with van der Waals surface area (Å²) in [6.45, 7) is 1.93. The van der Waals surface area contributed by atoms with Gasteiger partial charge in [0.05, 0.1) is 5.39 Å². The van der Waals surface area contributed by atoms with Crippen LogP contribution >= 0.6 is 11.3 Å². The van der Waals surface area contributed by atoms with E-state index >= 15 is 0 Å². The minimum Gasteiger partial charge on any atom is -0.453 e. The number of nitrogens with zero attached hydrogens (tertiary/aromatic N) is 2. The molecule has 0 radical (unpaired) electrons. The smallest absolute Gasteiger partial charge is 0.203 e. The Kier molecular flexibility index (Phi) is 2.38. The summed E-state index contributed by atoms with van der Waals surface area (Å²) in [7, 11) is 0. The first-order valence-electron chi connectivity index (χ1n) is 5.27. The van der Waals surface area contributed by atoms with Gasteiger partial charge >= 0.3 is 0 Å². The van der Waals surface area contributed by atoms with Crippen molar-refractivity contribution in [3.05, 3.63) is 40.1 Å². The molecule has 90 valence electrons. The summed E-state index contributed by atoms with van der Waals surface area (Å²) in [5.74, 6) is 0.394. The standard InChI is InChI=1S/C12H9N3O2S/c1-6-2-3-9-7(4-6)8(16)5-10(17-9)11-14-15-12(13)18-11/h2-5H,1H3,(H2,13,15). The van der Waals surface area contributed by atoms with Crippen LogP contribution in [-0.2, 0) is 0 Å². The molecule has 5 nitrogen and oxygen atoms in total. The van der Waals surface area contributed by atoms with Gasteiger partial charge in [0.1, 0.15) is 5.58 Å². The van der Waals surface area contributed by atoms with Crippen LogP contribution in [0.3, 0.4) is 0 Å². The highest BCUT2D eigenvalue weighted by molar-refractivity contribution is 7.18. The average Bonchev–Trinajstić information content (AvgIpc) is 2.77. The molecule has 2 aromatic heterocycles. The lowest BCUT2D eigenvalue weighted by Gasteiger charge is -2.00. The molecule has 2 heterocycles. The third kappa shape index (κ3) is 1.76. The Labute approximate surface area is 106 Å². The maximum Gasteiger partial charge on any atom is 0.203 e. The first-order chi connectivity index (χ1) is 8.63. The van der Waals surface area contributed by atoms with Crippen molar-refractivity contribution in [3.63, 3.8) is 0 Å². The summed E-state index contributed by atoms with van der Waals surface area (Å²) < 4.78 is 5.65. The molecule has 0 aliphatic heterocycles. The van der Waals surface area contributed by atoms with E-state index in [2.05, 4.69) is 10.2 Å². The number of hydrogen-bond donors (Lipinski definition) is 1. The molecule has 0 atom stereocenters. The van der Waals surface area contributed by atoms with E-state index < -0.39 is 0 Å². The summed E-state index contributed by atoms with van der Waals surface area (Å²) in [4.78, 5) is 12.0. The van der Waals surface area contributed by atoms with E-state index in [9.17, 15) is 4.79 Å². The monoisotopic (exact) mass is 259 g/mol. The largest absolute Gasteiger partial charge is 0.453 e. The molecule has 0 bridgehead atoms. The van der Waals surface area contributed by atoms with E-state index in [4.69, 9.17) is 10.2 Å². The van der Waals surface area contributed by atoms with Crippen LogP contribution in [0.2, 0.25) is 0 Å². The second-order valence-corrected chi connectivity index (χ2v) is 4.93. The average molecular weight is 259 g/mol. The number of nitrogens with two attached hydrogens (primary N) is 1. The zero-order valence-electron chi connectivity index (χ0n) is 9.51. The Hall–Kier alpha value is -2.21. The SMILES string of the molecule is Cc1ccc2oc(-c3nnc(N)s3)cc(=O)c2c1. The quantitative estimate of drug-likeness (QED) is 0.724. The van der Waals surface area contributed by atoms with E-state index in [1.54, 1.807) is 12.1 Å². The molecule has 18 heavy (non-hydrogen) atoms. The van der Waals surface area contributed by atoms with Crippen molar-refractivity contribution in [1.29, 1.82) is 0 Å². The molecule has 0 fully saturated rings. The van der Waals surface area contributed by atoms with Gasteiger partial charge in [-0.3, -0.25) is 4.79 Å². The summed E-state index contributed by atoms with van der Waals surface area (Å²) in [5.41, 5.74) is 6.97. The number of nitrogen functional groups attached to an aromatic ring is 1. The second-order valence-electron chi connectivity index (χ2n) is 3.92. The van der Waals surface area contributed by atoms with Crippen molar-refractivity contribution in [1.82, 2.24) is 10.2 Å². The van der Waals surface area contributed by atoms with Gasteiger partial charge in [0.2, 0.25) is 5.13 Å². The minimum atomic E-state index is -0.0938. The maximum atomic E-state index is 12.0. The number of rotatable bonds is 1. The van der Waals surface area contributed by atoms with Crippen LogP contribution in [0.25, 0.3) is 21.7 Å². The number of anilines is 1. The molecule has 3 rings (SSSR count). The molecule has 2 N–H and O–H groups in total. The van der Waals surface area contributed by atoms with Crippen molar-refractivity contribution >= 4 is 27.4 Å². The van der Waals surface area contributed by atoms with Gasteiger partial charge in [0.25, 0.3) is 0 Å². The maximum absolute atomic E-state index is 12.0. The Balaban J connectivity index is 2.28. The summed E-state index contributed by atoms with van der Waals surface area (Å²) in [6.07, 6.45) is 0. The second kappa shape index (κ2) is 3.92. The molecular weight excluding hydrogens is 250 g/mol. The van der Waals surface area contributed by atoms with Gasteiger partial charge in [-0.05, 0) is 19.1 Å².